The van der Waals surface area contributed by atoms with Crippen LogP contribution >= 0.6 is 24.0 Å². The maximum absolute atomic E-state index is 5.95. The zero-order valence-electron chi connectivity index (χ0n) is 13.3. The van der Waals surface area contributed by atoms with E-state index in [1.54, 1.807) is 0 Å². The van der Waals surface area contributed by atoms with Gasteiger partial charge in [0, 0.05) is 39.5 Å². The topological polar surface area (TPSA) is 19.0 Å². The number of nitrogens with one attached hydrogen (secondary N) is 1. The van der Waals surface area contributed by atoms with E-state index < -0.39 is 0 Å². The zero-order chi connectivity index (χ0) is 15.4. The van der Waals surface area contributed by atoms with Crippen LogP contribution in [0.25, 0.3) is 10.9 Å². The summed E-state index contributed by atoms with van der Waals surface area (Å²) >= 11 is 7.91. The van der Waals surface area contributed by atoms with E-state index in [1.165, 1.54) is 39.9 Å². The molecule has 1 aliphatic carbocycles. The van der Waals surface area contributed by atoms with Crippen molar-refractivity contribution < 1.29 is 0 Å². The molecular weight excluding hydrogens is 308 g/mol. The molecule has 22 heavy (non-hydrogen) atoms. The Bertz CT molecular complexity index is 749. The molecule has 0 radical (unpaired) electrons. The Morgan fingerprint density at radius 3 is 3.00 bits per heavy atom. The molecule has 2 nitrogen and oxygen atoms in total. The Balaban J connectivity index is 1.89. The van der Waals surface area contributed by atoms with Crippen molar-refractivity contribution in [3.63, 3.8) is 0 Å². The largest absolute Gasteiger partial charge is 0.358 e. The fourth-order valence-electron chi connectivity index (χ4n) is 4.60. The number of rotatable bonds is 2. The predicted molar refractivity (Wildman–Crippen MR) is 100 cm³/mol. The quantitative estimate of drug-likeness (QED) is 0.841. The first kappa shape index (κ1) is 14.7. The number of aryl methyl sites for hydroxylation is 1. The first-order chi connectivity index (χ1) is 10.6. The van der Waals surface area contributed by atoms with Crippen LogP contribution in [0, 0.1) is 12.8 Å². The van der Waals surface area contributed by atoms with Crippen LogP contribution in [-0.2, 0) is 0 Å². The van der Waals surface area contributed by atoms with Crippen LogP contribution in [0.1, 0.15) is 29.2 Å². The number of thioether (sulfide) groups is 1. The summed E-state index contributed by atoms with van der Waals surface area (Å²) in [6.45, 7) is 3.32. The van der Waals surface area contributed by atoms with Crippen molar-refractivity contribution in [2.45, 2.75) is 25.3 Å². The lowest BCUT2D eigenvalue weighted by molar-refractivity contribution is 0.166. The molecule has 4 rings (SSSR count). The van der Waals surface area contributed by atoms with E-state index in [0.717, 1.165) is 17.3 Å². The standard InChI is InChI=1S/C18H22N2S2/c1-10-15-16-12(5-4-6-14(16)19-10)13-7-11(9-22-3)8-20(2)17(13)18(15)21/h4-6,11,13,17,19H,7-9H2,1-3H3/t11-,13?,17+/m1/s1. The first-order valence-electron chi connectivity index (χ1n) is 7.96. The molecule has 2 aliphatic rings. The molecule has 4 heteroatoms. The van der Waals surface area contributed by atoms with E-state index >= 15 is 0 Å². The van der Waals surface area contributed by atoms with Gasteiger partial charge in [-0.3, -0.25) is 4.90 Å². The van der Waals surface area contributed by atoms with Crippen molar-refractivity contribution in [3.8, 4) is 0 Å². The minimum absolute atomic E-state index is 0.390. The van der Waals surface area contributed by atoms with Gasteiger partial charge in [0.25, 0.3) is 0 Å². The smallest absolute Gasteiger partial charge is 0.0522 e. The van der Waals surface area contributed by atoms with Gasteiger partial charge in [0.05, 0.1) is 6.04 Å². The van der Waals surface area contributed by atoms with E-state index in [1.807, 2.05) is 11.8 Å². The number of aromatic nitrogens is 1. The Morgan fingerprint density at radius 2 is 2.23 bits per heavy atom. The second kappa shape index (κ2) is 5.36. The number of fused-ring (bicyclic) bond motifs is 2. The van der Waals surface area contributed by atoms with Crippen LogP contribution in [0.3, 0.4) is 0 Å². The highest BCUT2D eigenvalue weighted by atomic mass is 32.2. The molecule has 0 spiro atoms. The van der Waals surface area contributed by atoms with E-state index in [2.05, 4.69) is 48.3 Å². The van der Waals surface area contributed by atoms with Crippen LogP contribution in [0.15, 0.2) is 18.2 Å². The lowest BCUT2D eigenvalue weighted by Crippen LogP contribution is -2.51. The van der Waals surface area contributed by atoms with Crippen LogP contribution in [0.2, 0.25) is 0 Å². The van der Waals surface area contributed by atoms with Crippen LogP contribution in [-0.4, -0.2) is 46.4 Å². The van der Waals surface area contributed by atoms with Gasteiger partial charge in [-0.1, -0.05) is 24.4 Å². The van der Waals surface area contributed by atoms with Crippen LogP contribution in [0.4, 0.5) is 0 Å². The van der Waals surface area contributed by atoms with Gasteiger partial charge in [-0.2, -0.15) is 11.8 Å². The van der Waals surface area contributed by atoms with Gasteiger partial charge in [0.15, 0.2) is 0 Å². The third-order valence-corrected chi connectivity index (χ3v) is 6.60. The van der Waals surface area contributed by atoms with Crippen molar-refractivity contribution in [1.29, 1.82) is 0 Å². The van der Waals surface area contributed by atoms with Crippen molar-refractivity contribution >= 4 is 39.7 Å². The maximum atomic E-state index is 5.95. The molecule has 1 fully saturated rings. The van der Waals surface area contributed by atoms with Crippen molar-refractivity contribution in [2.24, 2.45) is 5.92 Å². The summed E-state index contributed by atoms with van der Waals surface area (Å²) in [6.07, 6.45) is 3.48. The third kappa shape index (κ3) is 2.00. The first-order valence-corrected chi connectivity index (χ1v) is 9.76. The number of piperidine rings is 1. The number of likely N-dealkylation sites (N-methyl/N-ethyl adjacent to an activating group) is 1. The van der Waals surface area contributed by atoms with Gasteiger partial charge in [-0.15, -0.1) is 0 Å². The molecule has 1 aromatic carbocycles. The highest BCUT2D eigenvalue weighted by Gasteiger charge is 2.42. The number of benzene rings is 1. The monoisotopic (exact) mass is 330 g/mol. The maximum Gasteiger partial charge on any atom is 0.0522 e. The average Bonchev–Trinajstić information content (AvgIpc) is 2.81. The molecule has 2 aromatic rings. The molecule has 1 unspecified atom stereocenters. The molecular formula is C18H22N2S2. The minimum atomic E-state index is 0.390. The fourth-order valence-corrected chi connectivity index (χ4v) is 5.91. The van der Waals surface area contributed by atoms with E-state index in [9.17, 15) is 0 Å². The second-order valence-corrected chi connectivity index (χ2v) is 8.16. The van der Waals surface area contributed by atoms with Crippen molar-refractivity contribution in [2.75, 3.05) is 25.6 Å². The molecule has 0 amide bonds. The SMILES string of the molecule is CSC[C@@H]1CC2c3cccc4[nH]c(C)c(c34)C(=S)[C@H]2N(C)C1. The third-order valence-electron chi connectivity index (χ3n) is 5.35. The molecule has 0 saturated carbocycles. The van der Waals surface area contributed by atoms with Gasteiger partial charge in [0.1, 0.15) is 0 Å². The van der Waals surface area contributed by atoms with Crippen LogP contribution in [0.5, 0.6) is 0 Å². The molecule has 116 valence electrons. The lowest BCUT2D eigenvalue weighted by Gasteiger charge is -2.45. The number of hydrogen-bond acceptors (Lipinski definition) is 3. The summed E-state index contributed by atoms with van der Waals surface area (Å²) in [5.41, 5.74) is 5.29. The van der Waals surface area contributed by atoms with Gasteiger partial charge >= 0.3 is 0 Å². The predicted octanol–water partition coefficient (Wildman–Crippen LogP) is 3.97. The molecule has 0 bridgehead atoms. The molecule has 1 aromatic heterocycles. The summed E-state index contributed by atoms with van der Waals surface area (Å²) in [5, 5.41) is 1.39. The summed E-state index contributed by atoms with van der Waals surface area (Å²) in [6, 6.07) is 7.10. The number of thiocarbonyl (C=S) groups is 1. The van der Waals surface area contributed by atoms with Crippen molar-refractivity contribution in [1.82, 2.24) is 9.88 Å². The highest BCUT2D eigenvalue weighted by Crippen LogP contribution is 2.45. The summed E-state index contributed by atoms with van der Waals surface area (Å²) < 4.78 is 0. The Kier molecular flexibility index (Phi) is 3.59. The number of H-pyrrole nitrogens is 1. The second-order valence-electron chi connectivity index (χ2n) is 6.81. The van der Waals surface area contributed by atoms with Gasteiger partial charge in [-0.05, 0) is 49.9 Å². The van der Waals surface area contributed by atoms with E-state index in [-0.39, 0.29) is 0 Å². The number of nitrogens with zero attached hydrogens (tertiary/aromatic N) is 1. The van der Waals surface area contributed by atoms with Crippen molar-refractivity contribution in [3.05, 3.63) is 35.0 Å². The Morgan fingerprint density at radius 1 is 1.41 bits per heavy atom. The highest BCUT2D eigenvalue weighted by molar-refractivity contribution is 7.98. The Hall–Kier alpha value is -0.840. The summed E-state index contributed by atoms with van der Waals surface area (Å²) in [4.78, 5) is 7.20. The van der Waals surface area contributed by atoms with Gasteiger partial charge in [0.2, 0.25) is 0 Å². The molecule has 1 N–H and O–H groups in total. The molecule has 3 atom stereocenters. The van der Waals surface area contributed by atoms with Gasteiger partial charge in [-0.25, -0.2) is 0 Å². The zero-order valence-corrected chi connectivity index (χ0v) is 15.0. The average molecular weight is 331 g/mol. The normalized spacial score (nSPS) is 28.1. The number of likely N-dealkylation sites (tertiary alicyclic amines) is 1. The molecule has 1 aliphatic heterocycles. The fraction of sp³-hybridized carbons (Fsp3) is 0.500. The Labute approximate surface area is 141 Å². The minimum Gasteiger partial charge on any atom is -0.358 e. The molecule has 1 saturated heterocycles. The summed E-state index contributed by atoms with van der Waals surface area (Å²) in [5.74, 6) is 2.56. The lowest BCUT2D eigenvalue weighted by atomic mass is 9.72. The van der Waals surface area contributed by atoms with E-state index in [0.29, 0.717) is 12.0 Å². The number of hydrogen-bond donors (Lipinski definition) is 1. The molecule has 2 heterocycles. The van der Waals surface area contributed by atoms with Crippen LogP contribution < -0.4 is 0 Å². The number of aromatic amines is 1. The van der Waals surface area contributed by atoms with Gasteiger partial charge < -0.3 is 4.98 Å². The summed E-state index contributed by atoms with van der Waals surface area (Å²) in [7, 11) is 2.25. The van der Waals surface area contributed by atoms with E-state index in [4.69, 9.17) is 12.2 Å².